The molecule has 0 unspecified atom stereocenters. The van der Waals surface area contributed by atoms with E-state index in [1.54, 1.807) is 17.5 Å². The first kappa shape index (κ1) is 14.9. The van der Waals surface area contributed by atoms with Crippen molar-refractivity contribution in [2.75, 3.05) is 7.05 Å². The molecule has 0 amide bonds. The van der Waals surface area contributed by atoms with Gasteiger partial charge in [-0.2, -0.15) is 0 Å². The number of fused-ring (bicyclic) bond motifs is 1. The molecule has 3 aromatic heterocycles. The summed E-state index contributed by atoms with van der Waals surface area (Å²) in [5, 5.41) is 6.36. The van der Waals surface area contributed by atoms with Crippen LogP contribution < -0.4 is 5.32 Å². The van der Waals surface area contributed by atoms with Crippen LogP contribution in [-0.4, -0.2) is 22.0 Å². The molecular formula is C19H16N4S. The number of nitrogens with zero attached hydrogens (tertiary/aromatic N) is 3. The highest BCUT2D eigenvalue weighted by Crippen LogP contribution is 2.37. The van der Waals surface area contributed by atoms with Crippen molar-refractivity contribution in [3.05, 3.63) is 65.9 Å². The van der Waals surface area contributed by atoms with E-state index < -0.39 is 0 Å². The number of hydrogen-bond acceptors (Lipinski definition) is 5. The fourth-order valence-corrected chi connectivity index (χ4v) is 3.71. The highest BCUT2D eigenvalue weighted by Gasteiger charge is 2.17. The van der Waals surface area contributed by atoms with Crippen molar-refractivity contribution in [3.8, 4) is 22.5 Å². The van der Waals surface area contributed by atoms with Crippen LogP contribution in [-0.2, 0) is 6.54 Å². The Labute approximate surface area is 144 Å². The van der Waals surface area contributed by atoms with Crippen molar-refractivity contribution < 1.29 is 0 Å². The summed E-state index contributed by atoms with van der Waals surface area (Å²) in [6, 6.07) is 16.3. The van der Waals surface area contributed by atoms with Crippen molar-refractivity contribution in [1.82, 2.24) is 20.3 Å². The van der Waals surface area contributed by atoms with Gasteiger partial charge in [0.15, 0.2) is 0 Å². The third kappa shape index (κ3) is 2.68. The van der Waals surface area contributed by atoms with Gasteiger partial charge in [0.1, 0.15) is 16.3 Å². The molecule has 4 aromatic rings. The molecule has 0 fully saturated rings. The molecule has 4 nitrogen and oxygen atoms in total. The van der Waals surface area contributed by atoms with Crippen molar-refractivity contribution in [2.24, 2.45) is 0 Å². The molecule has 1 aromatic carbocycles. The second kappa shape index (κ2) is 6.47. The molecule has 0 radical (unpaired) electrons. The third-order valence-corrected chi connectivity index (χ3v) is 4.68. The van der Waals surface area contributed by atoms with Gasteiger partial charge in [-0.05, 0) is 24.7 Å². The zero-order chi connectivity index (χ0) is 16.4. The Hall–Kier alpha value is -2.63. The minimum atomic E-state index is 0.633. The summed E-state index contributed by atoms with van der Waals surface area (Å²) < 4.78 is 0. The van der Waals surface area contributed by atoms with Gasteiger partial charge in [0.05, 0.1) is 12.2 Å². The van der Waals surface area contributed by atoms with E-state index in [1.807, 2.05) is 31.3 Å². The average Bonchev–Trinajstić information content (AvgIpc) is 3.07. The molecule has 3 heterocycles. The molecule has 5 heteroatoms. The summed E-state index contributed by atoms with van der Waals surface area (Å²) in [5.41, 5.74) is 4.10. The summed E-state index contributed by atoms with van der Waals surface area (Å²) in [7, 11) is 1.90. The lowest BCUT2D eigenvalue weighted by Crippen LogP contribution is -2.09. The second-order valence-corrected chi connectivity index (χ2v) is 6.29. The van der Waals surface area contributed by atoms with Crippen LogP contribution in [0.4, 0.5) is 0 Å². The molecule has 4 rings (SSSR count). The van der Waals surface area contributed by atoms with Gasteiger partial charge in [-0.3, -0.25) is 4.98 Å². The predicted octanol–water partition coefficient (Wildman–Crippen LogP) is 4.14. The summed E-state index contributed by atoms with van der Waals surface area (Å²) >= 11 is 1.65. The first-order valence-corrected chi connectivity index (χ1v) is 8.64. The second-order valence-electron chi connectivity index (χ2n) is 5.43. The van der Waals surface area contributed by atoms with Crippen molar-refractivity contribution in [2.45, 2.75) is 6.54 Å². The van der Waals surface area contributed by atoms with Crippen LogP contribution in [0.3, 0.4) is 0 Å². The highest BCUT2D eigenvalue weighted by molar-refractivity contribution is 7.17. The number of hydrogen-bond donors (Lipinski definition) is 1. The predicted molar refractivity (Wildman–Crippen MR) is 98.8 cm³/mol. The SMILES string of the molecule is CNCc1nc(-c2ccccn2)c2c(-c3ccccc3)csc2n1. The van der Waals surface area contributed by atoms with Crippen LogP contribution in [0.25, 0.3) is 32.7 Å². The molecule has 24 heavy (non-hydrogen) atoms. The van der Waals surface area contributed by atoms with Crippen LogP contribution in [0.5, 0.6) is 0 Å². The maximum absolute atomic E-state index is 4.79. The van der Waals surface area contributed by atoms with Gasteiger partial charge in [-0.25, -0.2) is 9.97 Å². The van der Waals surface area contributed by atoms with Gasteiger partial charge < -0.3 is 5.32 Å². The van der Waals surface area contributed by atoms with Crippen LogP contribution in [0, 0.1) is 0 Å². The molecule has 0 bridgehead atoms. The van der Waals surface area contributed by atoms with Crippen LogP contribution in [0.1, 0.15) is 5.82 Å². The van der Waals surface area contributed by atoms with E-state index in [4.69, 9.17) is 9.97 Å². The molecule has 0 aliphatic carbocycles. The quantitative estimate of drug-likeness (QED) is 0.610. The van der Waals surface area contributed by atoms with Gasteiger partial charge >= 0.3 is 0 Å². The summed E-state index contributed by atoms with van der Waals surface area (Å²) in [6.07, 6.45) is 1.80. The number of rotatable bonds is 4. The number of aromatic nitrogens is 3. The molecule has 0 atom stereocenters. The molecule has 1 N–H and O–H groups in total. The van der Waals surface area contributed by atoms with Crippen molar-refractivity contribution >= 4 is 21.6 Å². The normalized spacial score (nSPS) is 11.0. The Balaban J connectivity index is 2.01. The molecule has 118 valence electrons. The number of thiophene rings is 1. The minimum absolute atomic E-state index is 0.633. The lowest BCUT2D eigenvalue weighted by molar-refractivity contribution is 0.766. The maximum Gasteiger partial charge on any atom is 0.144 e. The lowest BCUT2D eigenvalue weighted by atomic mass is 10.0. The zero-order valence-corrected chi connectivity index (χ0v) is 14.0. The number of benzene rings is 1. The van der Waals surface area contributed by atoms with Gasteiger partial charge in [0, 0.05) is 22.5 Å². The average molecular weight is 332 g/mol. The van der Waals surface area contributed by atoms with E-state index in [0.717, 1.165) is 33.0 Å². The largest absolute Gasteiger partial charge is 0.313 e. The van der Waals surface area contributed by atoms with E-state index in [2.05, 4.69) is 39.9 Å². The Morgan fingerprint density at radius 3 is 2.58 bits per heavy atom. The van der Waals surface area contributed by atoms with Gasteiger partial charge in [-0.15, -0.1) is 11.3 Å². The fourth-order valence-electron chi connectivity index (χ4n) is 2.74. The maximum atomic E-state index is 4.79. The molecule has 0 saturated heterocycles. The Morgan fingerprint density at radius 2 is 1.83 bits per heavy atom. The van der Waals surface area contributed by atoms with Crippen molar-refractivity contribution in [3.63, 3.8) is 0 Å². The van der Waals surface area contributed by atoms with Gasteiger partial charge in [-0.1, -0.05) is 36.4 Å². The van der Waals surface area contributed by atoms with E-state index in [-0.39, 0.29) is 0 Å². The fraction of sp³-hybridized carbons (Fsp3) is 0.105. The Bertz CT molecular complexity index is 965. The van der Waals surface area contributed by atoms with Gasteiger partial charge in [0.25, 0.3) is 0 Å². The van der Waals surface area contributed by atoms with E-state index in [1.165, 1.54) is 5.56 Å². The molecule has 0 aliphatic rings. The zero-order valence-electron chi connectivity index (χ0n) is 13.2. The first-order chi connectivity index (χ1) is 11.9. The number of pyridine rings is 1. The van der Waals surface area contributed by atoms with E-state index >= 15 is 0 Å². The van der Waals surface area contributed by atoms with E-state index in [0.29, 0.717) is 6.54 Å². The van der Waals surface area contributed by atoms with Crippen molar-refractivity contribution in [1.29, 1.82) is 0 Å². The van der Waals surface area contributed by atoms with E-state index in [9.17, 15) is 0 Å². The topological polar surface area (TPSA) is 50.7 Å². The van der Waals surface area contributed by atoms with Gasteiger partial charge in [0.2, 0.25) is 0 Å². The Morgan fingerprint density at radius 1 is 1.00 bits per heavy atom. The minimum Gasteiger partial charge on any atom is -0.313 e. The number of nitrogens with one attached hydrogen (secondary N) is 1. The summed E-state index contributed by atoms with van der Waals surface area (Å²) in [5.74, 6) is 0.784. The Kier molecular flexibility index (Phi) is 4.02. The standard InChI is InChI=1S/C19H16N4S/c1-20-11-16-22-18(15-9-5-6-10-21-15)17-14(12-24-19(17)23-16)13-7-3-2-4-8-13/h2-10,12,20H,11H2,1H3. The lowest BCUT2D eigenvalue weighted by Gasteiger charge is -2.08. The first-order valence-electron chi connectivity index (χ1n) is 7.76. The molecule has 0 spiro atoms. The summed E-state index contributed by atoms with van der Waals surface area (Å²) in [4.78, 5) is 15.0. The molecule has 0 aliphatic heterocycles. The van der Waals surface area contributed by atoms with Crippen LogP contribution in [0.15, 0.2) is 60.1 Å². The molecule has 0 saturated carbocycles. The monoisotopic (exact) mass is 332 g/mol. The highest BCUT2D eigenvalue weighted by atomic mass is 32.1. The summed E-state index contributed by atoms with van der Waals surface area (Å²) in [6.45, 7) is 0.633. The van der Waals surface area contributed by atoms with Crippen LogP contribution >= 0.6 is 11.3 Å². The van der Waals surface area contributed by atoms with Crippen LogP contribution in [0.2, 0.25) is 0 Å². The third-order valence-electron chi connectivity index (χ3n) is 3.81. The smallest absolute Gasteiger partial charge is 0.144 e. The molecular weight excluding hydrogens is 316 g/mol.